The first-order valence-corrected chi connectivity index (χ1v) is 7.71. The number of ether oxygens (including phenoxy) is 1. The van der Waals surface area contributed by atoms with Crippen molar-refractivity contribution < 1.29 is 14.3 Å². The molecule has 2 amide bonds. The van der Waals surface area contributed by atoms with Gasteiger partial charge in [-0.1, -0.05) is 42.5 Å². The van der Waals surface area contributed by atoms with Crippen molar-refractivity contribution in [2.75, 3.05) is 12.4 Å². The molecule has 5 heteroatoms. The second-order valence-corrected chi connectivity index (χ2v) is 5.99. The molecule has 2 rings (SSSR count). The Kier molecular flexibility index (Phi) is 5.58. The number of benzene rings is 2. The smallest absolute Gasteiger partial charge is 0.407 e. The Morgan fingerprint density at radius 3 is 2.21 bits per heavy atom. The predicted molar refractivity (Wildman–Crippen MR) is 93.8 cm³/mol. The lowest BCUT2D eigenvalue weighted by atomic mass is 9.83. The van der Waals surface area contributed by atoms with Crippen molar-refractivity contribution in [2.45, 2.75) is 25.8 Å². The van der Waals surface area contributed by atoms with E-state index in [0.717, 1.165) is 11.1 Å². The topological polar surface area (TPSA) is 67.4 Å². The molecule has 0 heterocycles. The minimum Gasteiger partial charge on any atom is -0.453 e. The molecule has 0 fully saturated rings. The van der Waals surface area contributed by atoms with Gasteiger partial charge in [0, 0.05) is 12.2 Å². The maximum absolute atomic E-state index is 12.6. The summed E-state index contributed by atoms with van der Waals surface area (Å²) in [6.07, 6.45) is -0.475. The third-order valence-corrected chi connectivity index (χ3v) is 3.90. The molecule has 0 saturated heterocycles. The van der Waals surface area contributed by atoms with Crippen LogP contribution in [0.5, 0.6) is 0 Å². The van der Waals surface area contributed by atoms with Crippen LogP contribution in [0.25, 0.3) is 0 Å². The highest BCUT2D eigenvalue weighted by atomic mass is 16.5. The van der Waals surface area contributed by atoms with Crippen LogP contribution < -0.4 is 10.6 Å². The number of methoxy groups -OCH3 is 1. The first-order valence-electron chi connectivity index (χ1n) is 7.71. The van der Waals surface area contributed by atoms with Gasteiger partial charge in [0.15, 0.2) is 0 Å². The van der Waals surface area contributed by atoms with E-state index in [1.54, 1.807) is 0 Å². The van der Waals surface area contributed by atoms with Crippen molar-refractivity contribution in [1.29, 1.82) is 0 Å². The van der Waals surface area contributed by atoms with Crippen molar-refractivity contribution >= 4 is 17.7 Å². The summed E-state index contributed by atoms with van der Waals surface area (Å²) in [7, 11) is 1.32. The van der Waals surface area contributed by atoms with E-state index in [9.17, 15) is 9.59 Å². The molecular formula is C19H22N2O3. The Labute approximate surface area is 142 Å². The molecule has 2 N–H and O–H groups in total. The fraction of sp³-hybridized carbons (Fsp3) is 0.263. The van der Waals surface area contributed by atoms with Crippen LogP contribution >= 0.6 is 0 Å². The number of alkyl carbamates (subject to hydrolysis) is 1. The lowest BCUT2D eigenvalue weighted by molar-refractivity contribution is -0.120. The second-order valence-electron chi connectivity index (χ2n) is 5.99. The third kappa shape index (κ3) is 4.35. The van der Waals surface area contributed by atoms with Crippen LogP contribution in [0, 0.1) is 0 Å². The molecule has 24 heavy (non-hydrogen) atoms. The summed E-state index contributed by atoms with van der Waals surface area (Å²) in [6.45, 7) is 4.16. The van der Waals surface area contributed by atoms with Crippen LogP contribution in [0.3, 0.4) is 0 Å². The summed E-state index contributed by atoms with van der Waals surface area (Å²) in [6, 6.07) is 17.0. The van der Waals surface area contributed by atoms with E-state index < -0.39 is 11.5 Å². The van der Waals surface area contributed by atoms with Crippen molar-refractivity contribution in [1.82, 2.24) is 5.32 Å². The zero-order valence-electron chi connectivity index (χ0n) is 14.1. The summed E-state index contributed by atoms with van der Waals surface area (Å²) in [5, 5.41) is 5.54. The SMILES string of the molecule is COC(=O)NCc1ccc(NC(=O)C(C)(C)c2ccccc2)cc1. The maximum atomic E-state index is 12.6. The number of hydrogen-bond donors (Lipinski definition) is 2. The maximum Gasteiger partial charge on any atom is 0.407 e. The Morgan fingerprint density at radius 1 is 1.00 bits per heavy atom. The summed E-state index contributed by atoms with van der Waals surface area (Å²) >= 11 is 0. The molecule has 0 spiro atoms. The zero-order valence-corrected chi connectivity index (χ0v) is 14.1. The first kappa shape index (κ1) is 17.5. The van der Waals surface area contributed by atoms with Gasteiger partial charge >= 0.3 is 6.09 Å². The number of anilines is 1. The molecule has 0 bridgehead atoms. The standard InChI is InChI=1S/C19H22N2O3/c1-19(2,15-7-5-4-6-8-15)17(22)21-16-11-9-14(10-12-16)13-20-18(23)24-3/h4-12H,13H2,1-3H3,(H,20,23)(H,21,22). The van der Waals surface area contributed by atoms with Crippen LogP contribution in [0.2, 0.25) is 0 Å². The number of carbonyl (C=O) groups excluding carboxylic acids is 2. The molecule has 0 unspecified atom stereocenters. The van der Waals surface area contributed by atoms with E-state index >= 15 is 0 Å². The molecule has 5 nitrogen and oxygen atoms in total. The molecule has 0 aliphatic carbocycles. The molecule has 0 saturated carbocycles. The zero-order chi connectivity index (χ0) is 17.6. The lowest BCUT2D eigenvalue weighted by Gasteiger charge is -2.24. The quantitative estimate of drug-likeness (QED) is 0.884. The first-order chi connectivity index (χ1) is 11.4. The van der Waals surface area contributed by atoms with E-state index in [0.29, 0.717) is 12.2 Å². The molecule has 2 aromatic rings. The lowest BCUT2D eigenvalue weighted by Crippen LogP contribution is -2.34. The minimum atomic E-state index is -0.633. The van der Waals surface area contributed by atoms with E-state index in [4.69, 9.17) is 0 Å². The van der Waals surface area contributed by atoms with Gasteiger partial charge in [-0.2, -0.15) is 0 Å². The molecule has 0 atom stereocenters. The normalized spacial score (nSPS) is 10.8. The molecular weight excluding hydrogens is 304 g/mol. The fourth-order valence-corrected chi connectivity index (χ4v) is 2.23. The fourth-order valence-electron chi connectivity index (χ4n) is 2.23. The van der Waals surface area contributed by atoms with E-state index in [2.05, 4.69) is 15.4 Å². The number of amides is 2. The van der Waals surface area contributed by atoms with Gasteiger partial charge in [-0.05, 0) is 37.1 Å². The average Bonchev–Trinajstić information content (AvgIpc) is 2.61. The Balaban J connectivity index is 2.00. The van der Waals surface area contributed by atoms with Gasteiger partial charge < -0.3 is 15.4 Å². The monoisotopic (exact) mass is 326 g/mol. The van der Waals surface area contributed by atoms with Crippen LogP contribution in [0.15, 0.2) is 54.6 Å². The van der Waals surface area contributed by atoms with Gasteiger partial charge in [0.25, 0.3) is 0 Å². The Bertz CT molecular complexity index is 694. The number of carbonyl (C=O) groups is 2. The number of rotatable bonds is 5. The van der Waals surface area contributed by atoms with Gasteiger partial charge in [0.1, 0.15) is 0 Å². The average molecular weight is 326 g/mol. The van der Waals surface area contributed by atoms with E-state index in [1.165, 1.54) is 7.11 Å². The highest BCUT2D eigenvalue weighted by Gasteiger charge is 2.29. The van der Waals surface area contributed by atoms with Crippen molar-refractivity contribution in [3.8, 4) is 0 Å². The highest BCUT2D eigenvalue weighted by Crippen LogP contribution is 2.25. The predicted octanol–water partition coefficient (Wildman–Crippen LogP) is 3.46. The second kappa shape index (κ2) is 7.64. The number of hydrogen-bond acceptors (Lipinski definition) is 3. The molecule has 0 aliphatic heterocycles. The number of nitrogens with one attached hydrogen (secondary N) is 2. The Morgan fingerprint density at radius 2 is 1.62 bits per heavy atom. The molecule has 126 valence electrons. The van der Waals surface area contributed by atoms with Crippen molar-refractivity contribution in [3.05, 3.63) is 65.7 Å². The molecule has 2 aromatic carbocycles. The van der Waals surface area contributed by atoms with Crippen LogP contribution in [0.1, 0.15) is 25.0 Å². The van der Waals surface area contributed by atoms with Crippen molar-refractivity contribution in [2.24, 2.45) is 0 Å². The van der Waals surface area contributed by atoms with Gasteiger partial charge in [0.2, 0.25) is 5.91 Å². The van der Waals surface area contributed by atoms with E-state index in [-0.39, 0.29) is 5.91 Å². The van der Waals surface area contributed by atoms with Gasteiger partial charge in [-0.25, -0.2) is 4.79 Å². The highest BCUT2D eigenvalue weighted by molar-refractivity contribution is 5.98. The van der Waals surface area contributed by atoms with Gasteiger partial charge in [-0.15, -0.1) is 0 Å². The summed E-state index contributed by atoms with van der Waals surface area (Å²) < 4.78 is 4.52. The molecule has 0 aliphatic rings. The van der Waals surface area contributed by atoms with Crippen LogP contribution in [-0.4, -0.2) is 19.1 Å². The van der Waals surface area contributed by atoms with Crippen molar-refractivity contribution in [3.63, 3.8) is 0 Å². The molecule has 0 radical (unpaired) electrons. The third-order valence-electron chi connectivity index (χ3n) is 3.90. The largest absolute Gasteiger partial charge is 0.453 e. The minimum absolute atomic E-state index is 0.0749. The molecule has 0 aromatic heterocycles. The van der Waals surface area contributed by atoms with Crippen LogP contribution in [0.4, 0.5) is 10.5 Å². The van der Waals surface area contributed by atoms with E-state index in [1.807, 2.05) is 68.4 Å². The summed E-state index contributed by atoms with van der Waals surface area (Å²) in [5.74, 6) is -0.0749. The summed E-state index contributed by atoms with van der Waals surface area (Å²) in [4.78, 5) is 23.6. The van der Waals surface area contributed by atoms with Gasteiger partial charge in [-0.3, -0.25) is 4.79 Å². The summed E-state index contributed by atoms with van der Waals surface area (Å²) in [5.41, 5.74) is 1.96. The van der Waals surface area contributed by atoms with Gasteiger partial charge in [0.05, 0.1) is 12.5 Å². The van der Waals surface area contributed by atoms with Crippen LogP contribution in [-0.2, 0) is 21.5 Å². The Hall–Kier alpha value is -2.82.